The van der Waals surface area contributed by atoms with Gasteiger partial charge in [-0.1, -0.05) is 30.3 Å². The number of rotatable bonds is 4. The number of ether oxygens (including phenoxy) is 1. The van der Waals surface area contributed by atoms with Gasteiger partial charge < -0.3 is 9.64 Å². The Bertz CT molecular complexity index is 923. The third-order valence-corrected chi connectivity index (χ3v) is 4.74. The largest absolute Gasteiger partial charge is 0.466 e. The molecule has 0 bridgehead atoms. The molecule has 0 saturated carbocycles. The van der Waals surface area contributed by atoms with Crippen LogP contribution in [0.25, 0.3) is 0 Å². The molecule has 140 valence electrons. The van der Waals surface area contributed by atoms with Crippen molar-refractivity contribution in [1.82, 2.24) is 4.90 Å². The number of benzene rings is 2. The molecule has 1 amide bonds. The molecule has 0 spiro atoms. The summed E-state index contributed by atoms with van der Waals surface area (Å²) in [6.45, 7) is 1.74. The second kappa shape index (κ2) is 7.70. The zero-order valence-corrected chi connectivity index (χ0v) is 15.0. The average Bonchev–Trinajstić information content (AvgIpc) is 2.64. The molecule has 1 aliphatic heterocycles. The van der Waals surface area contributed by atoms with Crippen LogP contribution in [0.5, 0.6) is 0 Å². The van der Waals surface area contributed by atoms with E-state index < -0.39 is 23.5 Å². The van der Waals surface area contributed by atoms with E-state index in [1.807, 2.05) is 0 Å². The Labute approximate surface area is 156 Å². The number of methoxy groups -OCH3 is 1. The van der Waals surface area contributed by atoms with Crippen molar-refractivity contribution < 1.29 is 23.1 Å². The third kappa shape index (κ3) is 3.74. The molecule has 0 aliphatic carbocycles. The number of hydrogen-bond donors (Lipinski definition) is 0. The van der Waals surface area contributed by atoms with Crippen molar-refractivity contribution in [3.8, 4) is 0 Å². The minimum absolute atomic E-state index is 0.0714. The monoisotopic (exact) mass is 371 g/mol. The molecule has 2 aromatic carbocycles. The minimum Gasteiger partial charge on any atom is -0.466 e. The van der Waals surface area contributed by atoms with E-state index in [1.165, 1.54) is 30.2 Å². The summed E-state index contributed by atoms with van der Waals surface area (Å²) in [4.78, 5) is 26.6. The lowest BCUT2D eigenvalue weighted by atomic mass is 9.83. The molecule has 0 aromatic heterocycles. The molecule has 1 unspecified atom stereocenters. The Hall–Kier alpha value is -3.02. The summed E-state index contributed by atoms with van der Waals surface area (Å²) in [5.74, 6) is -2.50. The maximum absolute atomic E-state index is 14.3. The molecule has 1 atom stereocenters. The van der Waals surface area contributed by atoms with E-state index in [0.717, 1.165) is 0 Å². The molecule has 0 N–H and O–H groups in total. The average molecular weight is 371 g/mol. The highest BCUT2D eigenvalue weighted by Crippen LogP contribution is 2.38. The van der Waals surface area contributed by atoms with E-state index in [9.17, 15) is 18.4 Å². The fourth-order valence-electron chi connectivity index (χ4n) is 3.42. The Balaban J connectivity index is 2.05. The predicted octanol–water partition coefficient (Wildman–Crippen LogP) is 3.93. The van der Waals surface area contributed by atoms with Gasteiger partial charge in [-0.05, 0) is 36.2 Å². The highest BCUT2D eigenvalue weighted by atomic mass is 19.1. The SMILES string of the molecule is COC(=O)C1=C(C)N(Cc2cccc(F)c2)C(=O)CC1c1ccccc1F. The van der Waals surface area contributed by atoms with Gasteiger partial charge in [-0.2, -0.15) is 0 Å². The number of nitrogens with zero attached hydrogens (tertiary/aromatic N) is 1. The molecule has 3 rings (SSSR count). The summed E-state index contributed by atoms with van der Waals surface area (Å²) in [5.41, 5.74) is 1.49. The van der Waals surface area contributed by atoms with Crippen LogP contribution in [0.1, 0.15) is 30.4 Å². The van der Waals surface area contributed by atoms with Crippen molar-refractivity contribution in [3.63, 3.8) is 0 Å². The smallest absolute Gasteiger partial charge is 0.336 e. The Morgan fingerprint density at radius 2 is 1.93 bits per heavy atom. The van der Waals surface area contributed by atoms with Gasteiger partial charge >= 0.3 is 5.97 Å². The van der Waals surface area contributed by atoms with Gasteiger partial charge in [0.15, 0.2) is 0 Å². The number of halogens is 2. The van der Waals surface area contributed by atoms with E-state index in [2.05, 4.69) is 0 Å². The van der Waals surface area contributed by atoms with Gasteiger partial charge in [0.25, 0.3) is 0 Å². The van der Waals surface area contributed by atoms with E-state index in [0.29, 0.717) is 11.3 Å². The first kappa shape index (κ1) is 18.8. The molecule has 1 aliphatic rings. The van der Waals surface area contributed by atoms with Gasteiger partial charge in [0.2, 0.25) is 5.91 Å². The van der Waals surface area contributed by atoms with Gasteiger partial charge in [-0.3, -0.25) is 4.79 Å². The number of esters is 1. The zero-order valence-electron chi connectivity index (χ0n) is 15.0. The second-order valence-corrected chi connectivity index (χ2v) is 6.38. The Morgan fingerprint density at radius 1 is 1.19 bits per heavy atom. The summed E-state index contributed by atoms with van der Waals surface area (Å²) in [6, 6.07) is 12.0. The lowest BCUT2D eigenvalue weighted by molar-refractivity contribution is -0.138. The third-order valence-electron chi connectivity index (χ3n) is 4.74. The zero-order chi connectivity index (χ0) is 19.6. The summed E-state index contributed by atoms with van der Waals surface area (Å²) in [6.07, 6.45) is -0.0714. The minimum atomic E-state index is -0.727. The van der Waals surface area contributed by atoms with Crippen molar-refractivity contribution in [2.75, 3.05) is 7.11 Å². The predicted molar refractivity (Wildman–Crippen MR) is 95.4 cm³/mol. The fourth-order valence-corrected chi connectivity index (χ4v) is 3.42. The molecule has 0 fully saturated rings. The molecule has 0 radical (unpaired) electrons. The van der Waals surface area contributed by atoms with Crippen molar-refractivity contribution >= 4 is 11.9 Å². The first-order valence-corrected chi connectivity index (χ1v) is 8.50. The van der Waals surface area contributed by atoms with Gasteiger partial charge in [-0.25, -0.2) is 13.6 Å². The highest BCUT2D eigenvalue weighted by Gasteiger charge is 2.37. The maximum Gasteiger partial charge on any atom is 0.336 e. The topological polar surface area (TPSA) is 46.6 Å². The van der Waals surface area contributed by atoms with Crippen LogP contribution in [0.15, 0.2) is 59.8 Å². The molecular formula is C21H19F2NO3. The number of carbonyl (C=O) groups is 2. The van der Waals surface area contributed by atoms with E-state index in [1.54, 1.807) is 37.3 Å². The van der Waals surface area contributed by atoms with Gasteiger partial charge in [0, 0.05) is 18.0 Å². The van der Waals surface area contributed by atoms with Crippen molar-refractivity contribution in [1.29, 1.82) is 0 Å². The number of allylic oxidation sites excluding steroid dienone is 1. The van der Waals surface area contributed by atoms with Crippen molar-refractivity contribution in [3.05, 3.63) is 82.6 Å². The van der Waals surface area contributed by atoms with Crippen molar-refractivity contribution in [2.24, 2.45) is 0 Å². The van der Waals surface area contributed by atoms with Crippen molar-refractivity contribution in [2.45, 2.75) is 25.8 Å². The van der Waals surface area contributed by atoms with Crippen LogP contribution < -0.4 is 0 Å². The lowest BCUT2D eigenvalue weighted by Gasteiger charge is -2.34. The fraction of sp³-hybridized carbons (Fsp3) is 0.238. The molecule has 2 aromatic rings. The first-order chi connectivity index (χ1) is 12.9. The molecular weight excluding hydrogens is 352 g/mol. The van der Waals surface area contributed by atoms with E-state index in [-0.39, 0.29) is 30.0 Å². The Morgan fingerprint density at radius 3 is 2.59 bits per heavy atom. The number of amides is 1. The molecule has 27 heavy (non-hydrogen) atoms. The van der Waals surface area contributed by atoms with Gasteiger partial charge in [0.1, 0.15) is 11.6 Å². The van der Waals surface area contributed by atoms with Crippen LogP contribution >= 0.6 is 0 Å². The maximum atomic E-state index is 14.3. The van der Waals surface area contributed by atoms with E-state index in [4.69, 9.17) is 4.74 Å². The molecule has 1 heterocycles. The van der Waals surface area contributed by atoms with Gasteiger partial charge in [0.05, 0.1) is 19.2 Å². The first-order valence-electron chi connectivity index (χ1n) is 8.50. The van der Waals surface area contributed by atoms with Crippen LogP contribution in [0, 0.1) is 11.6 Å². The summed E-state index contributed by atoms with van der Waals surface area (Å²) < 4.78 is 32.7. The number of hydrogen-bond acceptors (Lipinski definition) is 3. The summed E-state index contributed by atoms with van der Waals surface area (Å²) >= 11 is 0. The van der Waals surface area contributed by atoms with Crippen LogP contribution in [0.4, 0.5) is 8.78 Å². The van der Waals surface area contributed by atoms with Crippen LogP contribution in [0.3, 0.4) is 0 Å². The van der Waals surface area contributed by atoms with Crippen LogP contribution in [-0.4, -0.2) is 23.9 Å². The van der Waals surface area contributed by atoms with Crippen LogP contribution in [0.2, 0.25) is 0 Å². The molecule has 6 heteroatoms. The van der Waals surface area contributed by atoms with E-state index >= 15 is 0 Å². The normalized spacial score (nSPS) is 17.3. The second-order valence-electron chi connectivity index (χ2n) is 6.38. The molecule has 4 nitrogen and oxygen atoms in total. The Kier molecular flexibility index (Phi) is 5.35. The highest BCUT2D eigenvalue weighted by molar-refractivity contribution is 5.95. The lowest BCUT2D eigenvalue weighted by Crippen LogP contribution is -2.38. The summed E-state index contributed by atoms with van der Waals surface area (Å²) in [5, 5.41) is 0. The quantitative estimate of drug-likeness (QED) is 0.765. The molecule has 0 saturated heterocycles. The summed E-state index contributed by atoms with van der Waals surface area (Å²) in [7, 11) is 1.24. The standard InChI is InChI=1S/C21H19F2NO3/c1-13-20(21(26)27-2)17(16-8-3-4-9-18(16)23)11-19(25)24(13)12-14-6-5-7-15(22)10-14/h3-10,17H,11-12H2,1-2H3. The van der Waals surface area contributed by atoms with Crippen LogP contribution in [-0.2, 0) is 20.9 Å². The number of carbonyl (C=O) groups excluding carboxylic acids is 2. The van der Waals surface area contributed by atoms with Gasteiger partial charge in [-0.15, -0.1) is 0 Å².